The Morgan fingerprint density at radius 3 is 3.05 bits per heavy atom. The van der Waals surface area contributed by atoms with Crippen molar-refractivity contribution in [1.82, 2.24) is 15.2 Å². The zero-order chi connectivity index (χ0) is 15.3. The Kier molecular flexibility index (Phi) is 5.22. The minimum absolute atomic E-state index is 0.195. The zero-order valence-corrected chi connectivity index (χ0v) is 13.1. The first kappa shape index (κ1) is 15.8. The Morgan fingerprint density at radius 2 is 2.38 bits per heavy atom. The lowest BCUT2D eigenvalue weighted by atomic mass is 10.1. The van der Waals surface area contributed by atoms with Gasteiger partial charge in [0.2, 0.25) is 0 Å². The molecule has 1 unspecified atom stereocenters. The number of nitrogens with one attached hydrogen (secondary N) is 1. The van der Waals surface area contributed by atoms with E-state index < -0.39 is 5.60 Å². The smallest absolute Gasteiger partial charge is 0.410 e. The van der Waals surface area contributed by atoms with Gasteiger partial charge in [0.15, 0.2) is 6.39 Å². The lowest BCUT2D eigenvalue weighted by Crippen LogP contribution is -2.35. The molecule has 0 saturated carbocycles. The van der Waals surface area contributed by atoms with Crippen LogP contribution in [0.1, 0.15) is 39.4 Å². The Hall–Kier alpha value is -1.56. The predicted octanol–water partition coefficient (Wildman–Crippen LogP) is 2.41. The summed E-state index contributed by atoms with van der Waals surface area (Å²) in [4.78, 5) is 17.6. The second-order valence-corrected chi connectivity index (χ2v) is 6.51. The Balaban J connectivity index is 1.62. The molecule has 0 aliphatic carbocycles. The van der Waals surface area contributed by atoms with Gasteiger partial charge in [-0.1, -0.05) is 0 Å². The van der Waals surface area contributed by atoms with Crippen molar-refractivity contribution in [2.45, 2.75) is 45.8 Å². The number of carbonyl (C=O) groups excluding carboxylic acids is 1. The molecule has 1 amide bonds. The van der Waals surface area contributed by atoms with Gasteiger partial charge in [-0.3, -0.25) is 0 Å². The molecule has 0 radical (unpaired) electrons. The van der Waals surface area contributed by atoms with Crippen LogP contribution in [0.3, 0.4) is 0 Å². The summed E-state index contributed by atoms with van der Waals surface area (Å²) in [5, 5.41) is 3.33. The van der Waals surface area contributed by atoms with E-state index in [0.29, 0.717) is 12.5 Å². The van der Waals surface area contributed by atoms with Crippen molar-refractivity contribution in [3.63, 3.8) is 0 Å². The lowest BCUT2D eigenvalue weighted by Gasteiger charge is -2.24. The van der Waals surface area contributed by atoms with Crippen LogP contribution >= 0.6 is 0 Å². The number of carbonyl (C=O) groups is 1. The number of hydrogen-bond acceptors (Lipinski definition) is 5. The highest BCUT2D eigenvalue weighted by atomic mass is 16.6. The van der Waals surface area contributed by atoms with Crippen LogP contribution in [0.2, 0.25) is 0 Å². The molecule has 21 heavy (non-hydrogen) atoms. The first-order valence-corrected chi connectivity index (χ1v) is 7.50. The van der Waals surface area contributed by atoms with Crippen LogP contribution in [0.25, 0.3) is 0 Å². The summed E-state index contributed by atoms with van der Waals surface area (Å²) < 4.78 is 10.6. The van der Waals surface area contributed by atoms with E-state index in [0.717, 1.165) is 38.2 Å². The van der Waals surface area contributed by atoms with Gasteiger partial charge < -0.3 is 19.4 Å². The molecule has 118 valence electrons. The van der Waals surface area contributed by atoms with Crippen molar-refractivity contribution in [2.75, 3.05) is 19.6 Å². The van der Waals surface area contributed by atoms with Gasteiger partial charge in [0, 0.05) is 13.1 Å². The third-order valence-electron chi connectivity index (χ3n) is 3.45. The number of rotatable bonds is 5. The SMILES string of the molecule is CC(C)(C)OC(=O)N1CCC(CCNCc2cnco2)C1. The maximum Gasteiger partial charge on any atom is 0.410 e. The largest absolute Gasteiger partial charge is 0.447 e. The molecule has 1 aliphatic rings. The zero-order valence-electron chi connectivity index (χ0n) is 13.1. The van der Waals surface area contributed by atoms with Gasteiger partial charge in [0.1, 0.15) is 11.4 Å². The van der Waals surface area contributed by atoms with E-state index >= 15 is 0 Å². The number of ether oxygens (including phenoxy) is 1. The first-order chi connectivity index (χ1) is 9.94. The molecule has 1 aromatic rings. The quantitative estimate of drug-likeness (QED) is 0.845. The summed E-state index contributed by atoms with van der Waals surface area (Å²) in [6.45, 7) is 8.88. The lowest BCUT2D eigenvalue weighted by molar-refractivity contribution is 0.0287. The molecule has 0 bridgehead atoms. The second kappa shape index (κ2) is 6.93. The molecule has 6 heteroatoms. The minimum atomic E-state index is -0.423. The van der Waals surface area contributed by atoms with Crippen LogP contribution in [-0.2, 0) is 11.3 Å². The highest BCUT2D eigenvalue weighted by Gasteiger charge is 2.29. The molecule has 1 fully saturated rings. The average molecular weight is 295 g/mol. The molecule has 0 aromatic carbocycles. The van der Waals surface area contributed by atoms with E-state index in [1.165, 1.54) is 6.39 Å². The summed E-state index contributed by atoms with van der Waals surface area (Å²) in [5.74, 6) is 1.39. The van der Waals surface area contributed by atoms with Crippen molar-refractivity contribution in [3.05, 3.63) is 18.4 Å². The molecule has 1 aromatic heterocycles. The summed E-state index contributed by atoms with van der Waals surface area (Å²) in [6.07, 6.45) is 5.05. The van der Waals surface area contributed by atoms with Gasteiger partial charge in [0.25, 0.3) is 0 Å². The van der Waals surface area contributed by atoms with E-state index in [9.17, 15) is 4.79 Å². The topological polar surface area (TPSA) is 67.6 Å². The second-order valence-electron chi connectivity index (χ2n) is 6.51. The van der Waals surface area contributed by atoms with Crippen LogP contribution in [0.5, 0.6) is 0 Å². The van der Waals surface area contributed by atoms with Crippen LogP contribution < -0.4 is 5.32 Å². The van der Waals surface area contributed by atoms with Crippen molar-refractivity contribution in [2.24, 2.45) is 5.92 Å². The van der Waals surface area contributed by atoms with Crippen molar-refractivity contribution >= 4 is 6.09 Å². The molecule has 1 atom stereocenters. The van der Waals surface area contributed by atoms with Gasteiger partial charge in [-0.05, 0) is 46.1 Å². The van der Waals surface area contributed by atoms with Crippen LogP contribution in [0, 0.1) is 5.92 Å². The highest BCUT2D eigenvalue weighted by Crippen LogP contribution is 2.21. The van der Waals surface area contributed by atoms with E-state index in [1.54, 1.807) is 6.20 Å². The average Bonchev–Trinajstić information content (AvgIpc) is 3.04. The fourth-order valence-corrected chi connectivity index (χ4v) is 2.41. The van der Waals surface area contributed by atoms with Gasteiger partial charge in [-0.2, -0.15) is 0 Å². The summed E-state index contributed by atoms with van der Waals surface area (Å²) >= 11 is 0. The maximum atomic E-state index is 12.0. The van der Waals surface area contributed by atoms with E-state index in [4.69, 9.17) is 9.15 Å². The Bertz CT molecular complexity index is 440. The number of nitrogens with zero attached hydrogens (tertiary/aromatic N) is 2. The number of oxazole rings is 1. The third kappa shape index (κ3) is 5.38. The predicted molar refractivity (Wildman–Crippen MR) is 78.7 cm³/mol. The first-order valence-electron chi connectivity index (χ1n) is 7.50. The van der Waals surface area contributed by atoms with Gasteiger partial charge in [-0.15, -0.1) is 0 Å². The van der Waals surface area contributed by atoms with Crippen molar-refractivity contribution in [1.29, 1.82) is 0 Å². The molecular formula is C15H25N3O3. The molecular weight excluding hydrogens is 270 g/mol. The van der Waals surface area contributed by atoms with E-state index in [-0.39, 0.29) is 6.09 Å². The third-order valence-corrected chi connectivity index (χ3v) is 3.45. The Labute approximate surface area is 125 Å². The molecule has 6 nitrogen and oxygen atoms in total. The monoisotopic (exact) mass is 295 g/mol. The molecule has 0 spiro atoms. The van der Waals surface area contributed by atoms with Crippen LogP contribution in [0.15, 0.2) is 17.0 Å². The van der Waals surface area contributed by atoms with E-state index in [2.05, 4.69) is 10.3 Å². The fourth-order valence-electron chi connectivity index (χ4n) is 2.41. The normalized spacial score (nSPS) is 19.0. The number of hydrogen-bond donors (Lipinski definition) is 1. The van der Waals surface area contributed by atoms with E-state index in [1.807, 2.05) is 25.7 Å². The standard InChI is InChI=1S/C15H25N3O3/c1-15(2,3)21-14(19)18-7-5-12(10-18)4-6-16-8-13-9-17-11-20-13/h9,11-12,16H,4-8,10H2,1-3H3. The van der Waals surface area contributed by atoms with Crippen molar-refractivity contribution < 1.29 is 13.9 Å². The number of aromatic nitrogens is 1. The van der Waals surface area contributed by atoms with Crippen LogP contribution in [0.4, 0.5) is 4.79 Å². The molecule has 2 rings (SSSR count). The maximum absolute atomic E-state index is 12.0. The number of amides is 1. The van der Waals surface area contributed by atoms with Gasteiger partial charge in [0.05, 0.1) is 12.7 Å². The highest BCUT2D eigenvalue weighted by molar-refractivity contribution is 5.68. The van der Waals surface area contributed by atoms with Gasteiger partial charge >= 0.3 is 6.09 Å². The Morgan fingerprint density at radius 1 is 1.57 bits per heavy atom. The molecule has 1 N–H and O–H groups in total. The van der Waals surface area contributed by atoms with Crippen LogP contribution in [-0.4, -0.2) is 41.2 Å². The summed E-state index contributed by atoms with van der Waals surface area (Å²) in [5.41, 5.74) is -0.423. The minimum Gasteiger partial charge on any atom is -0.447 e. The molecule has 2 heterocycles. The molecule has 1 aliphatic heterocycles. The number of likely N-dealkylation sites (tertiary alicyclic amines) is 1. The summed E-state index contributed by atoms with van der Waals surface area (Å²) in [7, 11) is 0. The van der Waals surface area contributed by atoms with Crippen molar-refractivity contribution in [3.8, 4) is 0 Å². The summed E-state index contributed by atoms with van der Waals surface area (Å²) in [6, 6.07) is 0. The molecule has 1 saturated heterocycles. The fraction of sp³-hybridized carbons (Fsp3) is 0.733. The van der Waals surface area contributed by atoms with Gasteiger partial charge in [-0.25, -0.2) is 9.78 Å².